The molecule has 0 radical (unpaired) electrons. The zero-order valence-corrected chi connectivity index (χ0v) is 14.7. The number of methoxy groups -OCH3 is 1. The van der Waals surface area contributed by atoms with Crippen molar-refractivity contribution in [1.29, 1.82) is 0 Å². The highest BCUT2D eigenvalue weighted by Crippen LogP contribution is 2.16. The number of carbonyl (C=O) groups is 2. The molecule has 0 bridgehead atoms. The van der Waals surface area contributed by atoms with Crippen molar-refractivity contribution in [3.05, 3.63) is 47.7 Å². The van der Waals surface area contributed by atoms with Crippen LogP contribution in [0.4, 0.5) is 16.2 Å². The Kier molecular flexibility index (Phi) is 5.94. The number of hydrogen-bond acceptors (Lipinski definition) is 5. The molecule has 3 N–H and O–H groups in total. The molecule has 7 heteroatoms. The zero-order chi connectivity index (χ0) is 18.4. The predicted octanol–water partition coefficient (Wildman–Crippen LogP) is 2.86. The molecule has 1 aromatic carbocycles. The Balaban J connectivity index is 1.89. The van der Waals surface area contributed by atoms with Gasteiger partial charge in [-0.25, -0.2) is 9.78 Å². The smallest absolute Gasteiger partial charge is 0.325 e. The molecule has 25 heavy (non-hydrogen) atoms. The number of imide groups is 1. The van der Waals surface area contributed by atoms with Crippen molar-refractivity contribution in [2.45, 2.75) is 26.8 Å². The van der Waals surface area contributed by atoms with Gasteiger partial charge >= 0.3 is 6.03 Å². The van der Waals surface area contributed by atoms with Crippen LogP contribution in [0.3, 0.4) is 0 Å². The normalized spacial score (nSPS) is 11.4. The third-order valence-electron chi connectivity index (χ3n) is 3.59. The molecule has 0 saturated heterocycles. The maximum Gasteiger partial charge on any atom is 0.325 e. The number of amides is 3. The summed E-state index contributed by atoms with van der Waals surface area (Å²) in [6, 6.07) is 7.90. The van der Waals surface area contributed by atoms with E-state index in [1.165, 1.54) is 7.11 Å². The molecule has 1 heterocycles. The molecule has 0 aliphatic heterocycles. The van der Waals surface area contributed by atoms with Crippen LogP contribution in [0.5, 0.6) is 5.88 Å². The van der Waals surface area contributed by atoms with E-state index in [1.807, 2.05) is 26.0 Å². The molecule has 0 aliphatic rings. The number of aryl methyl sites for hydroxylation is 2. The van der Waals surface area contributed by atoms with Gasteiger partial charge in [-0.3, -0.25) is 10.1 Å². The van der Waals surface area contributed by atoms with E-state index in [1.54, 1.807) is 31.3 Å². The van der Waals surface area contributed by atoms with E-state index in [2.05, 4.69) is 20.9 Å². The van der Waals surface area contributed by atoms with Crippen molar-refractivity contribution >= 4 is 23.3 Å². The van der Waals surface area contributed by atoms with Gasteiger partial charge in [0.15, 0.2) is 0 Å². The molecular formula is C18H22N4O3. The summed E-state index contributed by atoms with van der Waals surface area (Å²) in [5.74, 6) is 0.0357. The van der Waals surface area contributed by atoms with E-state index < -0.39 is 18.0 Å². The Hall–Kier alpha value is -3.09. The summed E-state index contributed by atoms with van der Waals surface area (Å²) in [6.45, 7) is 5.52. The highest BCUT2D eigenvalue weighted by atomic mass is 16.5. The van der Waals surface area contributed by atoms with Crippen molar-refractivity contribution in [3.8, 4) is 5.88 Å². The number of hydrogen-bond donors (Lipinski definition) is 3. The number of carbonyl (C=O) groups excluding carboxylic acids is 2. The lowest BCUT2D eigenvalue weighted by Crippen LogP contribution is -2.43. The number of benzene rings is 1. The first kappa shape index (κ1) is 18.3. The number of anilines is 2. The Morgan fingerprint density at radius 2 is 1.92 bits per heavy atom. The number of nitrogens with one attached hydrogen (secondary N) is 3. The van der Waals surface area contributed by atoms with Gasteiger partial charge in [-0.15, -0.1) is 0 Å². The van der Waals surface area contributed by atoms with Crippen molar-refractivity contribution in [2.24, 2.45) is 0 Å². The highest BCUT2D eigenvalue weighted by Gasteiger charge is 2.16. The van der Waals surface area contributed by atoms with Crippen molar-refractivity contribution in [2.75, 3.05) is 17.7 Å². The molecule has 2 rings (SSSR count). The molecule has 0 fully saturated rings. The van der Waals surface area contributed by atoms with Crippen LogP contribution in [0.25, 0.3) is 0 Å². The van der Waals surface area contributed by atoms with Gasteiger partial charge in [0.25, 0.3) is 0 Å². The van der Waals surface area contributed by atoms with Crippen LogP contribution in [0.15, 0.2) is 36.5 Å². The lowest BCUT2D eigenvalue weighted by molar-refractivity contribution is -0.120. The van der Waals surface area contributed by atoms with E-state index in [4.69, 9.17) is 4.74 Å². The van der Waals surface area contributed by atoms with Crippen molar-refractivity contribution in [3.63, 3.8) is 0 Å². The lowest BCUT2D eigenvalue weighted by atomic mass is 10.1. The molecule has 1 aromatic heterocycles. The van der Waals surface area contributed by atoms with E-state index >= 15 is 0 Å². The quantitative estimate of drug-likeness (QED) is 0.777. The van der Waals surface area contributed by atoms with Crippen molar-refractivity contribution in [1.82, 2.24) is 10.3 Å². The average molecular weight is 342 g/mol. The fraction of sp³-hybridized carbons (Fsp3) is 0.278. The molecule has 3 amide bonds. The average Bonchev–Trinajstić information content (AvgIpc) is 2.58. The van der Waals surface area contributed by atoms with E-state index in [-0.39, 0.29) is 0 Å². The van der Waals surface area contributed by atoms with Crippen LogP contribution >= 0.6 is 0 Å². The largest absolute Gasteiger partial charge is 0.481 e. The first-order valence-electron chi connectivity index (χ1n) is 7.84. The van der Waals surface area contributed by atoms with Crippen LogP contribution in [0.1, 0.15) is 18.1 Å². The van der Waals surface area contributed by atoms with E-state index in [0.29, 0.717) is 17.3 Å². The molecule has 132 valence electrons. The van der Waals surface area contributed by atoms with Gasteiger partial charge in [0.05, 0.1) is 19.0 Å². The molecule has 0 saturated carbocycles. The minimum atomic E-state index is -0.611. The van der Waals surface area contributed by atoms with Crippen LogP contribution in [-0.2, 0) is 4.79 Å². The predicted molar refractivity (Wildman–Crippen MR) is 97.0 cm³/mol. The summed E-state index contributed by atoms with van der Waals surface area (Å²) >= 11 is 0. The second kappa shape index (κ2) is 8.14. The summed E-state index contributed by atoms with van der Waals surface area (Å²) in [5, 5.41) is 7.96. The highest BCUT2D eigenvalue weighted by molar-refractivity contribution is 6.03. The Bertz CT molecular complexity index is 759. The molecule has 1 atom stereocenters. The molecule has 2 aromatic rings. The van der Waals surface area contributed by atoms with Crippen LogP contribution in [0, 0.1) is 13.8 Å². The van der Waals surface area contributed by atoms with Crippen LogP contribution < -0.4 is 20.7 Å². The topological polar surface area (TPSA) is 92.4 Å². The number of pyridine rings is 1. The van der Waals surface area contributed by atoms with Gasteiger partial charge in [0.2, 0.25) is 11.8 Å². The molecule has 0 spiro atoms. The van der Waals surface area contributed by atoms with E-state index in [9.17, 15) is 9.59 Å². The fourth-order valence-corrected chi connectivity index (χ4v) is 2.23. The number of nitrogens with zero attached hydrogens (tertiary/aromatic N) is 1. The molecule has 0 aliphatic carbocycles. The molecular weight excluding hydrogens is 320 g/mol. The standard InChI is InChI=1S/C18H22N4O3/c1-11-5-7-15(12(2)9-11)21-18(24)22-17(23)13(3)20-14-6-8-16(25-4)19-10-14/h5-10,13,20H,1-4H3,(H2,21,22,23,24). The Morgan fingerprint density at radius 3 is 2.52 bits per heavy atom. The first-order valence-corrected chi connectivity index (χ1v) is 7.84. The zero-order valence-electron chi connectivity index (χ0n) is 14.7. The van der Waals surface area contributed by atoms with Gasteiger partial charge in [0.1, 0.15) is 6.04 Å². The maximum atomic E-state index is 12.1. The SMILES string of the molecule is COc1ccc(NC(C)C(=O)NC(=O)Nc2ccc(C)cc2C)cn1. The van der Waals surface area contributed by atoms with Gasteiger partial charge in [-0.2, -0.15) is 0 Å². The minimum Gasteiger partial charge on any atom is -0.481 e. The van der Waals surface area contributed by atoms with Gasteiger partial charge in [0, 0.05) is 11.8 Å². The Morgan fingerprint density at radius 1 is 1.16 bits per heavy atom. The van der Waals surface area contributed by atoms with Gasteiger partial charge < -0.3 is 15.4 Å². The number of rotatable bonds is 5. The summed E-state index contributed by atoms with van der Waals surface area (Å²) in [4.78, 5) is 28.2. The lowest BCUT2D eigenvalue weighted by Gasteiger charge is -2.15. The Labute approximate surface area is 146 Å². The van der Waals surface area contributed by atoms with E-state index in [0.717, 1.165) is 11.1 Å². The second-order valence-electron chi connectivity index (χ2n) is 5.72. The van der Waals surface area contributed by atoms with Crippen molar-refractivity contribution < 1.29 is 14.3 Å². The maximum absolute atomic E-state index is 12.1. The monoisotopic (exact) mass is 342 g/mol. The molecule has 7 nitrogen and oxygen atoms in total. The van der Waals surface area contributed by atoms with Gasteiger partial charge in [-0.05, 0) is 38.5 Å². The number of ether oxygens (including phenoxy) is 1. The van der Waals surface area contributed by atoms with Gasteiger partial charge in [-0.1, -0.05) is 17.7 Å². The number of urea groups is 1. The number of aromatic nitrogens is 1. The van der Waals surface area contributed by atoms with Crippen LogP contribution in [-0.4, -0.2) is 30.1 Å². The molecule has 1 unspecified atom stereocenters. The summed E-state index contributed by atoms with van der Waals surface area (Å²) in [6.07, 6.45) is 1.55. The minimum absolute atomic E-state index is 0.446. The third-order valence-corrected chi connectivity index (χ3v) is 3.59. The summed E-state index contributed by atoms with van der Waals surface area (Å²) in [7, 11) is 1.53. The third kappa shape index (κ3) is 5.20. The first-order chi connectivity index (χ1) is 11.9. The summed E-state index contributed by atoms with van der Waals surface area (Å²) < 4.78 is 4.98. The second-order valence-corrected chi connectivity index (χ2v) is 5.72. The fourth-order valence-electron chi connectivity index (χ4n) is 2.23. The summed E-state index contributed by atoms with van der Waals surface area (Å²) in [5.41, 5.74) is 3.35. The van der Waals surface area contributed by atoms with Crippen LogP contribution in [0.2, 0.25) is 0 Å².